The lowest BCUT2D eigenvalue weighted by molar-refractivity contribution is 0.131. The summed E-state index contributed by atoms with van der Waals surface area (Å²) in [7, 11) is 0. The number of nitrogens with one attached hydrogen (secondary N) is 1. The van der Waals surface area contributed by atoms with E-state index >= 15 is 0 Å². The summed E-state index contributed by atoms with van der Waals surface area (Å²) in [5, 5.41) is 3.13. The largest absolute Gasteiger partial charge is 0.380 e. The predicted molar refractivity (Wildman–Crippen MR) is 73.2 cm³/mol. The molecule has 1 atom stereocenters. The lowest BCUT2D eigenvalue weighted by atomic mass is 10.1. The minimum absolute atomic E-state index is 0.232. The van der Waals surface area contributed by atoms with Crippen LogP contribution in [0.15, 0.2) is 12.1 Å². The zero-order chi connectivity index (χ0) is 14.3. The summed E-state index contributed by atoms with van der Waals surface area (Å²) in [5.74, 6) is -0.741. The highest BCUT2D eigenvalue weighted by atomic mass is 19.1. The fraction of sp³-hybridized carbons (Fsp3) is 0.600. The highest BCUT2D eigenvalue weighted by molar-refractivity contribution is 5.27. The molecule has 19 heavy (non-hydrogen) atoms. The van der Waals surface area contributed by atoms with Crippen LogP contribution in [0.4, 0.5) is 8.78 Å². The molecule has 0 saturated carbocycles. The van der Waals surface area contributed by atoms with Crippen LogP contribution >= 0.6 is 0 Å². The van der Waals surface area contributed by atoms with Crippen molar-refractivity contribution in [2.45, 2.75) is 39.7 Å². The van der Waals surface area contributed by atoms with E-state index in [1.165, 1.54) is 12.1 Å². The van der Waals surface area contributed by atoms with Crippen molar-refractivity contribution in [1.29, 1.82) is 0 Å². The van der Waals surface area contributed by atoms with Crippen LogP contribution in [-0.2, 0) is 4.74 Å². The van der Waals surface area contributed by atoms with Gasteiger partial charge in [-0.1, -0.05) is 13.3 Å². The van der Waals surface area contributed by atoms with Crippen molar-refractivity contribution in [2.24, 2.45) is 0 Å². The van der Waals surface area contributed by atoms with Gasteiger partial charge in [-0.3, -0.25) is 0 Å². The molecule has 0 aliphatic carbocycles. The Morgan fingerprint density at radius 1 is 1.21 bits per heavy atom. The van der Waals surface area contributed by atoms with Gasteiger partial charge in [-0.05, 0) is 38.0 Å². The van der Waals surface area contributed by atoms with E-state index in [4.69, 9.17) is 4.74 Å². The van der Waals surface area contributed by atoms with Crippen molar-refractivity contribution >= 4 is 0 Å². The molecule has 1 unspecified atom stereocenters. The Morgan fingerprint density at radius 2 is 1.95 bits per heavy atom. The zero-order valence-corrected chi connectivity index (χ0v) is 11.9. The molecule has 0 spiro atoms. The maximum Gasteiger partial charge on any atom is 0.128 e. The van der Waals surface area contributed by atoms with Gasteiger partial charge in [0.1, 0.15) is 11.6 Å². The van der Waals surface area contributed by atoms with Gasteiger partial charge in [0.15, 0.2) is 0 Å². The second kappa shape index (κ2) is 8.23. The number of halogens is 2. The molecule has 1 N–H and O–H groups in total. The number of ether oxygens (including phenoxy) is 1. The number of unbranched alkanes of at least 4 members (excludes halogenated alkanes) is 1. The molecular weight excluding hydrogens is 248 g/mol. The Kier molecular flexibility index (Phi) is 6.95. The van der Waals surface area contributed by atoms with Crippen LogP contribution in [0.25, 0.3) is 0 Å². The normalized spacial score (nSPS) is 12.7. The summed E-state index contributed by atoms with van der Waals surface area (Å²) in [6.45, 7) is 7.44. The van der Waals surface area contributed by atoms with Gasteiger partial charge >= 0.3 is 0 Å². The van der Waals surface area contributed by atoms with Gasteiger partial charge in [0.2, 0.25) is 0 Å². The standard InChI is InChI=1S/C15H23F2NO/c1-4-5-7-19-8-6-18-12(3)13-10-14(16)11(2)9-15(13)17/h9-10,12,18H,4-8H2,1-3H3. The molecule has 0 aliphatic rings. The topological polar surface area (TPSA) is 21.3 Å². The molecule has 0 amide bonds. The molecule has 1 rings (SSSR count). The van der Waals surface area contributed by atoms with Crippen molar-refractivity contribution in [2.75, 3.05) is 19.8 Å². The first-order valence-corrected chi connectivity index (χ1v) is 6.83. The Hall–Kier alpha value is -1.00. The van der Waals surface area contributed by atoms with E-state index in [9.17, 15) is 8.78 Å². The molecular formula is C15H23F2NO. The van der Waals surface area contributed by atoms with E-state index in [-0.39, 0.29) is 17.7 Å². The maximum atomic E-state index is 13.7. The highest BCUT2D eigenvalue weighted by Gasteiger charge is 2.13. The second-order valence-electron chi connectivity index (χ2n) is 4.76. The third kappa shape index (κ3) is 5.25. The molecule has 4 heteroatoms. The van der Waals surface area contributed by atoms with Crippen molar-refractivity contribution < 1.29 is 13.5 Å². The number of hydrogen-bond donors (Lipinski definition) is 1. The molecule has 1 aromatic rings. The SMILES string of the molecule is CCCCOCCNC(C)c1cc(F)c(C)cc1F. The molecule has 0 fully saturated rings. The highest BCUT2D eigenvalue weighted by Crippen LogP contribution is 2.20. The van der Waals surface area contributed by atoms with Gasteiger partial charge in [0.05, 0.1) is 6.61 Å². The van der Waals surface area contributed by atoms with E-state index in [0.717, 1.165) is 19.4 Å². The minimum atomic E-state index is -0.371. The minimum Gasteiger partial charge on any atom is -0.380 e. The van der Waals surface area contributed by atoms with Crippen molar-refractivity contribution in [1.82, 2.24) is 5.32 Å². The van der Waals surface area contributed by atoms with Crippen LogP contribution in [0.2, 0.25) is 0 Å². The smallest absolute Gasteiger partial charge is 0.128 e. The first kappa shape index (κ1) is 16.1. The quantitative estimate of drug-likeness (QED) is 0.727. The van der Waals surface area contributed by atoms with Crippen molar-refractivity contribution in [3.05, 3.63) is 34.9 Å². The lowest BCUT2D eigenvalue weighted by Crippen LogP contribution is -2.24. The number of hydrogen-bond acceptors (Lipinski definition) is 2. The van der Waals surface area contributed by atoms with Crippen molar-refractivity contribution in [3.8, 4) is 0 Å². The fourth-order valence-electron chi connectivity index (χ4n) is 1.80. The molecule has 2 nitrogen and oxygen atoms in total. The van der Waals surface area contributed by atoms with E-state index < -0.39 is 0 Å². The summed E-state index contributed by atoms with van der Waals surface area (Å²) in [6, 6.07) is 2.27. The Balaban J connectivity index is 2.41. The average Bonchev–Trinajstić information content (AvgIpc) is 2.37. The number of benzene rings is 1. The predicted octanol–water partition coefficient (Wildman–Crippen LogP) is 3.74. The first-order chi connectivity index (χ1) is 9.06. The number of aryl methyl sites for hydroxylation is 1. The summed E-state index contributed by atoms with van der Waals surface area (Å²) in [6.07, 6.45) is 2.16. The van der Waals surface area contributed by atoms with Crippen LogP contribution in [0, 0.1) is 18.6 Å². The average molecular weight is 271 g/mol. The summed E-state index contributed by atoms with van der Waals surface area (Å²) in [5.41, 5.74) is 0.688. The van der Waals surface area contributed by atoms with Crippen LogP contribution in [0.5, 0.6) is 0 Å². The lowest BCUT2D eigenvalue weighted by Gasteiger charge is -2.16. The molecule has 1 aromatic carbocycles. The van der Waals surface area contributed by atoms with E-state index in [1.807, 2.05) is 6.92 Å². The van der Waals surface area contributed by atoms with Crippen LogP contribution in [-0.4, -0.2) is 19.8 Å². The molecule has 0 bridgehead atoms. The van der Waals surface area contributed by atoms with Crippen molar-refractivity contribution in [3.63, 3.8) is 0 Å². The molecule has 108 valence electrons. The number of rotatable bonds is 8. The maximum absolute atomic E-state index is 13.7. The molecule has 0 aliphatic heterocycles. The van der Waals surface area contributed by atoms with Gasteiger partial charge in [0.25, 0.3) is 0 Å². The van der Waals surface area contributed by atoms with Gasteiger partial charge < -0.3 is 10.1 Å². The molecule has 0 radical (unpaired) electrons. The summed E-state index contributed by atoms with van der Waals surface area (Å²) >= 11 is 0. The van der Waals surface area contributed by atoms with Gasteiger partial charge in [-0.15, -0.1) is 0 Å². The Morgan fingerprint density at radius 3 is 2.63 bits per heavy atom. The molecule has 0 aromatic heterocycles. The third-order valence-corrected chi connectivity index (χ3v) is 3.08. The zero-order valence-electron chi connectivity index (χ0n) is 11.9. The first-order valence-electron chi connectivity index (χ1n) is 6.83. The fourth-order valence-corrected chi connectivity index (χ4v) is 1.80. The van der Waals surface area contributed by atoms with E-state index in [0.29, 0.717) is 24.3 Å². The summed E-state index contributed by atoms with van der Waals surface area (Å²) < 4.78 is 32.5. The Labute approximate surface area is 114 Å². The monoisotopic (exact) mass is 271 g/mol. The molecule has 0 saturated heterocycles. The van der Waals surface area contributed by atoms with Crippen LogP contribution in [0.1, 0.15) is 43.9 Å². The Bertz CT molecular complexity index is 396. The third-order valence-electron chi connectivity index (χ3n) is 3.08. The van der Waals surface area contributed by atoms with Gasteiger partial charge in [0, 0.05) is 24.8 Å². The van der Waals surface area contributed by atoms with E-state index in [2.05, 4.69) is 12.2 Å². The van der Waals surface area contributed by atoms with Gasteiger partial charge in [-0.25, -0.2) is 8.78 Å². The summed E-state index contributed by atoms with van der Waals surface area (Å²) in [4.78, 5) is 0. The van der Waals surface area contributed by atoms with Crippen LogP contribution < -0.4 is 5.32 Å². The molecule has 0 heterocycles. The van der Waals surface area contributed by atoms with E-state index in [1.54, 1.807) is 6.92 Å². The van der Waals surface area contributed by atoms with Gasteiger partial charge in [-0.2, -0.15) is 0 Å². The second-order valence-corrected chi connectivity index (χ2v) is 4.76. The van der Waals surface area contributed by atoms with Crippen LogP contribution in [0.3, 0.4) is 0 Å².